The van der Waals surface area contributed by atoms with Gasteiger partial charge in [0.1, 0.15) is 0 Å². The quantitative estimate of drug-likeness (QED) is 0.665. The predicted molar refractivity (Wildman–Crippen MR) is 57.6 cm³/mol. The number of nitrogens with zero attached hydrogens (tertiary/aromatic N) is 1. The average Bonchev–Trinajstić information content (AvgIpc) is 2.44. The number of thioether (sulfide) groups is 1. The fraction of sp³-hybridized carbons (Fsp3) is 0.800. The molecule has 2 aliphatic rings. The van der Waals surface area contributed by atoms with Crippen LogP contribution in [0.15, 0.2) is 4.99 Å². The maximum Gasteiger partial charge on any atom is 0.195 e. The summed E-state index contributed by atoms with van der Waals surface area (Å²) >= 11 is 1.41. The normalized spacial score (nSPS) is 31.1. The van der Waals surface area contributed by atoms with Gasteiger partial charge in [-0.3, -0.25) is 9.79 Å². The van der Waals surface area contributed by atoms with Gasteiger partial charge in [0.2, 0.25) is 0 Å². The number of aliphatic imine (C=N–C) groups is 1. The average molecular weight is 213 g/mol. The highest BCUT2D eigenvalue weighted by Gasteiger charge is 2.46. The molecule has 0 aromatic carbocycles. The molecule has 2 heterocycles. The molecular formula is C10H15NO2S. The van der Waals surface area contributed by atoms with Crippen LogP contribution < -0.4 is 0 Å². The zero-order valence-electron chi connectivity index (χ0n) is 8.58. The third-order valence-corrected chi connectivity index (χ3v) is 4.18. The van der Waals surface area contributed by atoms with Crippen LogP contribution in [0.3, 0.4) is 0 Å². The zero-order chi connectivity index (χ0) is 10.2. The van der Waals surface area contributed by atoms with Crippen LogP contribution >= 0.6 is 11.8 Å². The van der Waals surface area contributed by atoms with Crippen LogP contribution in [0.25, 0.3) is 0 Å². The van der Waals surface area contributed by atoms with Gasteiger partial charge in [-0.05, 0) is 0 Å². The van der Waals surface area contributed by atoms with Crippen LogP contribution in [-0.2, 0) is 9.53 Å². The minimum atomic E-state index is -0.305. The Balaban J connectivity index is 2.18. The molecule has 1 unspecified atom stereocenters. The first-order valence-electron chi connectivity index (χ1n) is 4.97. The fourth-order valence-electron chi connectivity index (χ4n) is 1.76. The second kappa shape index (κ2) is 3.57. The third-order valence-electron chi connectivity index (χ3n) is 2.90. The molecule has 0 bridgehead atoms. The van der Waals surface area contributed by atoms with Crippen LogP contribution in [0.4, 0.5) is 0 Å². The molecule has 0 N–H and O–H groups in total. The van der Waals surface area contributed by atoms with Crippen LogP contribution in [0.5, 0.6) is 0 Å². The third kappa shape index (κ3) is 1.56. The van der Waals surface area contributed by atoms with Crippen LogP contribution in [0.1, 0.15) is 20.3 Å². The topological polar surface area (TPSA) is 38.7 Å². The van der Waals surface area contributed by atoms with Crippen LogP contribution in [0.2, 0.25) is 0 Å². The van der Waals surface area contributed by atoms with E-state index in [2.05, 4.69) is 4.99 Å². The molecule has 2 rings (SSSR count). The van der Waals surface area contributed by atoms with Gasteiger partial charge in [0.05, 0.1) is 12.5 Å². The maximum absolute atomic E-state index is 11.6. The Hall–Kier alpha value is -0.510. The fourth-order valence-corrected chi connectivity index (χ4v) is 3.15. The van der Waals surface area contributed by atoms with Crippen molar-refractivity contribution in [3.8, 4) is 0 Å². The van der Waals surface area contributed by atoms with Crippen molar-refractivity contribution in [3.05, 3.63) is 0 Å². The Morgan fingerprint density at radius 3 is 2.86 bits per heavy atom. The molecule has 0 aromatic heterocycles. The molecule has 0 aromatic rings. The van der Waals surface area contributed by atoms with Crippen LogP contribution in [0, 0.1) is 11.3 Å². The summed E-state index contributed by atoms with van der Waals surface area (Å²) in [4.78, 5) is 16.0. The van der Waals surface area contributed by atoms with E-state index in [1.807, 2.05) is 13.8 Å². The van der Waals surface area contributed by atoms with Gasteiger partial charge in [-0.15, -0.1) is 0 Å². The van der Waals surface area contributed by atoms with Gasteiger partial charge in [-0.25, -0.2) is 0 Å². The molecule has 2 aliphatic heterocycles. The smallest absolute Gasteiger partial charge is 0.195 e. The molecule has 1 saturated heterocycles. The number of hydrogen-bond acceptors (Lipinski definition) is 4. The largest absolute Gasteiger partial charge is 0.481 e. The van der Waals surface area contributed by atoms with Gasteiger partial charge < -0.3 is 4.74 Å². The molecule has 3 nitrogen and oxygen atoms in total. The Morgan fingerprint density at radius 1 is 1.57 bits per heavy atom. The van der Waals surface area contributed by atoms with Crippen molar-refractivity contribution in [1.82, 2.24) is 0 Å². The lowest BCUT2D eigenvalue weighted by Gasteiger charge is -2.27. The second-order valence-electron chi connectivity index (χ2n) is 4.29. The molecule has 14 heavy (non-hydrogen) atoms. The van der Waals surface area contributed by atoms with E-state index in [0.717, 1.165) is 31.2 Å². The molecule has 1 fully saturated rings. The van der Waals surface area contributed by atoms with Crippen molar-refractivity contribution in [1.29, 1.82) is 0 Å². The monoisotopic (exact) mass is 213 g/mol. The molecular weight excluding hydrogens is 198 g/mol. The van der Waals surface area contributed by atoms with E-state index in [9.17, 15) is 4.79 Å². The van der Waals surface area contributed by atoms with E-state index >= 15 is 0 Å². The highest BCUT2D eigenvalue weighted by Crippen LogP contribution is 2.43. The first-order chi connectivity index (χ1) is 6.62. The van der Waals surface area contributed by atoms with Crippen molar-refractivity contribution in [2.75, 3.05) is 18.9 Å². The molecule has 0 radical (unpaired) electrons. The molecule has 1 atom stereocenters. The SMILES string of the molecule is CC1(C)C(=O)SCC1C1=NCCCO1. The van der Waals surface area contributed by atoms with Gasteiger partial charge in [-0.2, -0.15) is 0 Å². The van der Waals surface area contributed by atoms with Crippen molar-refractivity contribution < 1.29 is 9.53 Å². The number of ether oxygens (including phenoxy) is 1. The Kier molecular flexibility index (Phi) is 2.56. The van der Waals surface area contributed by atoms with Gasteiger partial charge in [-0.1, -0.05) is 25.6 Å². The summed E-state index contributed by atoms with van der Waals surface area (Å²) < 4.78 is 5.53. The molecule has 4 heteroatoms. The Morgan fingerprint density at radius 2 is 2.36 bits per heavy atom. The zero-order valence-corrected chi connectivity index (χ0v) is 9.39. The minimum absolute atomic E-state index is 0.181. The lowest BCUT2D eigenvalue weighted by atomic mass is 9.81. The van der Waals surface area contributed by atoms with Gasteiger partial charge in [0, 0.05) is 24.1 Å². The standard InChI is InChI=1S/C10H15NO2S/c1-10(2)7(6-14-9(10)12)8-11-4-3-5-13-8/h7H,3-6H2,1-2H3. The summed E-state index contributed by atoms with van der Waals surface area (Å²) in [6.07, 6.45) is 0.998. The second-order valence-corrected chi connectivity index (χ2v) is 5.29. The summed E-state index contributed by atoms with van der Waals surface area (Å²) in [5.41, 5.74) is -0.305. The van der Waals surface area contributed by atoms with Gasteiger partial charge >= 0.3 is 0 Å². The minimum Gasteiger partial charge on any atom is -0.481 e. The highest BCUT2D eigenvalue weighted by molar-refractivity contribution is 8.14. The number of rotatable bonds is 1. The van der Waals surface area contributed by atoms with E-state index in [1.54, 1.807) is 0 Å². The molecule has 0 aliphatic carbocycles. The summed E-state index contributed by atoms with van der Waals surface area (Å²) in [5.74, 6) is 1.81. The lowest BCUT2D eigenvalue weighted by Crippen LogP contribution is -2.34. The lowest BCUT2D eigenvalue weighted by molar-refractivity contribution is -0.118. The number of carbonyl (C=O) groups is 1. The van der Waals surface area contributed by atoms with Crippen molar-refractivity contribution in [2.45, 2.75) is 20.3 Å². The maximum atomic E-state index is 11.6. The molecule has 0 spiro atoms. The van der Waals surface area contributed by atoms with E-state index < -0.39 is 0 Å². The predicted octanol–water partition coefficient (Wildman–Crippen LogP) is 1.72. The first-order valence-corrected chi connectivity index (χ1v) is 5.95. The van der Waals surface area contributed by atoms with E-state index in [-0.39, 0.29) is 16.4 Å². The van der Waals surface area contributed by atoms with E-state index in [4.69, 9.17) is 4.74 Å². The summed E-state index contributed by atoms with van der Waals surface area (Å²) in [6.45, 7) is 5.58. The van der Waals surface area contributed by atoms with Crippen molar-refractivity contribution >= 4 is 22.8 Å². The Bertz CT molecular complexity index is 286. The summed E-state index contributed by atoms with van der Waals surface area (Å²) in [7, 11) is 0. The number of carbonyl (C=O) groups excluding carboxylic acids is 1. The first kappa shape index (κ1) is 10.0. The summed E-state index contributed by atoms with van der Waals surface area (Å²) in [5, 5.41) is 0.263. The summed E-state index contributed by atoms with van der Waals surface area (Å²) in [6, 6.07) is 0. The number of hydrogen-bond donors (Lipinski definition) is 0. The molecule has 0 saturated carbocycles. The van der Waals surface area contributed by atoms with E-state index in [1.165, 1.54) is 11.8 Å². The van der Waals surface area contributed by atoms with Gasteiger partial charge in [0.25, 0.3) is 0 Å². The van der Waals surface area contributed by atoms with E-state index in [0.29, 0.717) is 0 Å². The highest BCUT2D eigenvalue weighted by atomic mass is 32.2. The van der Waals surface area contributed by atoms with Crippen molar-refractivity contribution in [2.24, 2.45) is 16.3 Å². The molecule has 78 valence electrons. The van der Waals surface area contributed by atoms with Crippen LogP contribution in [-0.4, -0.2) is 29.9 Å². The van der Waals surface area contributed by atoms with Gasteiger partial charge in [0.15, 0.2) is 11.0 Å². The Labute approximate surface area is 88.3 Å². The molecule has 0 amide bonds. The van der Waals surface area contributed by atoms with Crippen molar-refractivity contribution in [3.63, 3.8) is 0 Å².